The summed E-state index contributed by atoms with van der Waals surface area (Å²) in [6, 6.07) is 15.7. The molecule has 112 valence electrons. The molecule has 0 unspecified atom stereocenters. The maximum absolute atomic E-state index is 3.52. The van der Waals surface area contributed by atoms with E-state index in [-0.39, 0.29) is 0 Å². The quantitative estimate of drug-likeness (QED) is 0.745. The number of fused-ring (bicyclic) bond motifs is 3. The largest absolute Gasteiger partial charge is 0.344 e. The number of hydrogen-bond acceptors (Lipinski definition) is 1. The zero-order valence-corrected chi connectivity index (χ0v) is 13.3. The van der Waals surface area contributed by atoms with Crippen LogP contribution in [0, 0.1) is 6.92 Å². The molecule has 3 aromatic rings. The van der Waals surface area contributed by atoms with E-state index in [1.165, 1.54) is 38.9 Å². The molecule has 4 rings (SSSR count). The second-order valence-electron chi connectivity index (χ2n) is 6.19. The van der Waals surface area contributed by atoms with Crippen LogP contribution in [0.2, 0.25) is 0 Å². The first-order valence-corrected chi connectivity index (χ1v) is 8.19. The summed E-state index contributed by atoms with van der Waals surface area (Å²) in [4.78, 5) is 0. The number of hydrogen-bond donors (Lipinski definition) is 1. The van der Waals surface area contributed by atoms with Gasteiger partial charge in [-0.15, -0.1) is 0 Å². The van der Waals surface area contributed by atoms with Crippen LogP contribution in [0.5, 0.6) is 0 Å². The van der Waals surface area contributed by atoms with E-state index >= 15 is 0 Å². The van der Waals surface area contributed by atoms with Crippen LogP contribution in [0.1, 0.15) is 23.7 Å². The topological polar surface area (TPSA) is 17.0 Å². The second-order valence-corrected chi connectivity index (χ2v) is 6.19. The van der Waals surface area contributed by atoms with E-state index < -0.39 is 0 Å². The Balaban J connectivity index is 1.92. The van der Waals surface area contributed by atoms with Gasteiger partial charge in [-0.3, -0.25) is 0 Å². The van der Waals surface area contributed by atoms with Gasteiger partial charge < -0.3 is 9.88 Å². The van der Waals surface area contributed by atoms with Crippen molar-refractivity contribution in [3.8, 4) is 11.1 Å². The van der Waals surface area contributed by atoms with Crippen molar-refractivity contribution >= 4 is 10.9 Å². The van der Waals surface area contributed by atoms with Crippen LogP contribution in [0.25, 0.3) is 22.0 Å². The molecule has 0 bridgehead atoms. The van der Waals surface area contributed by atoms with E-state index in [4.69, 9.17) is 0 Å². The zero-order valence-electron chi connectivity index (χ0n) is 13.3. The van der Waals surface area contributed by atoms with Gasteiger partial charge in [-0.05, 0) is 42.7 Å². The van der Waals surface area contributed by atoms with Gasteiger partial charge in [0.15, 0.2) is 0 Å². The van der Waals surface area contributed by atoms with Crippen LogP contribution in [0.3, 0.4) is 0 Å². The van der Waals surface area contributed by atoms with Crippen molar-refractivity contribution in [2.24, 2.45) is 0 Å². The molecule has 2 nitrogen and oxygen atoms in total. The third-order valence-corrected chi connectivity index (χ3v) is 4.83. The minimum absolute atomic E-state index is 0.996. The summed E-state index contributed by atoms with van der Waals surface area (Å²) < 4.78 is 2.49. The minimum Gasteiger partial charge on any atom is -0.344 e. The Labute approximate surface area is 131 Å². The summed E-state index contributed by atoms with van der Waals surface area (Å²) in [6.45, 7) is 7.52. The predicted octanol–water partition coefficient (Wildman–Crippen LogP) is 4.28. The van der Waals surface area contributed by atoms with Crippen molar-refractivity contribution in [3.63, 3.8) is 0 Å². The molecule has 0 spiro atoms. The number of rotatable bonds is 2. The maximum atomic E-state index is 3.52. The lowest BCUT2D eigenvalue weighted by molar-refractivity contribution is 0.606. The molecule has 1 aromatic heterocycles. The summed E-state index contributed by atoms with van der Waals surface area (Å²) in [5.74, 6) is 0. The van der Waals surface area contributed by atoms with Crippen molar-refractivity contribution in [2.45, 2.75) is 33.4 Å². The van der Waals surface area contributed by atoms with Gasteiger partial charge in [0.25, 0.3) is 0 Å². The molecule has 22 heavy (non-hydrogen) atoms. The van der Waals surface area contributed by atoms with Crippen molar-refractivity contribution in [1.82, 2.24) is 9.88 Å². The van der Waals surface area contributed by atoms with E-state index in [1.807, 2.05) is 0 Å². The van der Waals surface area contributed by atoms with Crippen LogP contribution in [-0.2, 0) is 19.5 Å². The molecule has 1 N–H and O–H groups in total. The Hall–Kier alpha value is -2.06. The molecule has 1 aliphatic rings. The van der Waals surface area contributed by atoms with Gasteiger partial charge in [0.1, 0.15) is 0 Å². The van der Waals surface area contributed by atoms with Crippen LogP contribution < -0.4 is 5.32 Å². The summed E-state index contributed by atoms with van der Waals surface area (Å²) >= 11 is 0. The van der Waals surface area contributed by atoms with E-state index in [0.29, 0.717) is 0 Å². The van der Waals surface area contributed by atoms with E-state index in [9.17, 15) is 0 Å². The number of aryl methyl sites for hydroxylation is 2. The molecule has 0 amide bonds. The summed E-state index contributed by atoms with van der Waals surface area (Å²) in [5.41, 5.74) is 8.33. The van der Waals surface area contributed by atoms with E-state index in [0.717, 1.165) is 26.1 Å². The third kappa shape index (κ3) is 2.06. The lowest BCUT2D eigenvalue weighted by atomic mass is 10.00. The minimum atomic E-state index is 0.996. The molecule has 0 aliphatic carbocycles. The van der Waals surface area contributed by atoms with E-state index in [1.54, 1.807) is 0 Å². The summed E-state index contributed by atoms with van der Waals surface area (Å²) in [6.07, 6.45) is 1.14. The standard InChI is InChI=1S/C20H22N2/c1-3-22-19-9-8-16(15-6-4-14(2)5-7-15)12-17(19)18-13-21-11-10-20(18)22/h4-9,12,21H,3,10-11,13H2,1-2H3. The predicted molar refractivity (Wildman–Crippen MR) is 93.2 cm³/mol. The monoisotopic (exact) mass is 290 g/mol. The van der Waals surface area contributed by atoms with Crippen LogP contribution in [-0.4, -0.2) is 11.1 Å². The Morgan fingerprint density at radius 2 is 1.82 bits per heavy atom. The first-order valence-electron chi connectivity index (χ1n) is 8.19. The molecule has 0 saturated heterocycles. The second kappa shape index (κ2) is 5.29. The highest BCUT2D eigenvalue weighted by Gasteiger charge is 2.19. The van der Waals surface area contributed by atoms with Crippen LogP contribution >= 0.6 is 0 Å². The molecule has 0 saturated carbocycles. The number of nitrogens with zero attached hydrogens (tertiary/aromatic N) is 1. The highest BCUT2D eigenvalue weighted by molar-refractivity contribution is 5.90. The first-order chi connectivity index (χ1) is 10.8. The highest BCUT2D eigenvalue weighted by Crippen LogP contribution is 2.32. The molecule has 1 aliphatic heterocycles. The van der Waals surface area contributed by atoms with Crippen molar-refractivity contribution in [1.29, 1.82) is 0 Å². The van der Waals surface area contributed by atoms with Crippen molar-refractivity contribution in [2.75, 3.05) is 6.54 Å². The van der Waals surface area contributed by atoms with Crippen LogP contribution in [0.15, 0.2) is 42.5 Å². The molecule has 2 aromatic carbocycles. The fraction of sp³-hybridized carbons (Fsp3) is 0.300. The molecular weight excluding hydrogens is 268 g/mol. The molecule has 2 heteroatoms. The summed E-state index contributed by atoms with van der Waals surface area (Å²) in [7, 11) is 0. The SMILES string of the molecule is CCn1c2c(c3cc(-c4ccc(C)cc4)ccc31)CNCC2. The van der Waals surface area contributed by atoms with Gasteiger partial charge in [0.05, 0.1) is 0 Å². The van der Waals surface area contributed by atoms with E-state index in [2.05, 4.69) is 66.2 Å². The van der Waals surface area contributed by atoms with Gasteiger partial charge >= 0.3 is 0 Å². The van der Waals surface area contributed by atoms with Gasteiger partial charge in [0.2, 0.25) is 0 Å². The molecule has 0 radical (unpaired) electrons. The summed E-state index contributed by atoms with van der Waals surface area (Å²) in [5, 5.41) is 4.94. The van der Waals surface area contributed by atoms with Gasteiger partial charge in [-0.2, -0.15) is 0 Å². The van der Waals surface area contributed by atoms with Crippen LogP contribution in [0.4, 0.5) is 0 Å². The Morgan fingerprint density at radius 3 is 2.59 bits per heavy atom. The zero-order chi connectivity index (χ0) is 15.1. The van der Waals surface area contributed by atoms with Gasteiger partial charge in [-0.1, -0.05) is 35.9 Å². The lowest BCUT2D eigenvalue weighted by Crippen LogP contribution is -2.24. The lowest BCUT2D eigenvalue weighted by Gasteiger charge is -2.16. The first kappa shape index (κ1) is 13.6. The molecule has 0 atom stereocenters. The Kier molecular flexibility index (Phi) is 3.27. The van der Waals surface area contributed by atoms with Gasteiger partial charge in [-0.25, -0.2) is 0 Å². The number of nitrogens with one attached hydrogen (secondary N) is 1. The molecular formula is C20H22N2. The maximum Gasteiger partial charge on any atom is 0.0486 e. The normalized spacial score (nSPS) is 14.3. The average molecular weight is 290 g/mol. The third-order valence-electron chi connectivity index (χ3n) is 4.83. The molecule has 2 heterocycles. The Bertz CT molecular complexity index is 825. The fourth-order valence-corrected chi connectivity index (χ4v) is 3.67. The molecule has 0 fully saturated rings. The smallest absolute Gasteiger partial charge is 0.0486 e. The Morgan fingerprint density at radius 1 is 1.05 bits per heavy atom. The van der Waals surface area contributed by atoms with Crippen molar-refractivity contribution < 1.29 is 0 Å². The highest BCUT2D eigenvalue weighted by atomic mass is 15.0. The number of benzene rings is 2. The average Bonchev–Trinajstić information content (AvgIpc) is 2.88. The van der Waals surface area contributed by atoms with Crippen molar-refractivity contribution in [3.05, 3.63) is 59.3 Å². The number of aromatic nitrogens is 1. The van der Waals surface area contributed by atoms with Gasteiger partial charge in [0, 0.05) is 42.7 Å². The fourth-order valence-electron chi connectivity index (χ4n) is 3.67.